The first kappa shape index (κ1) is 15.0. The van der Waals surface area contributed by atoms with Crippen LogP contribution in [-0.2, 0) is 6.42 Å². The first-order chi connectivity index (χ1) is 10.3. The molecule has 3 rings (SSSR count). The number of rotatable bonds is 5. The van der Waals surface area contributed by atoms with Crippen molar-refractivity contribution in [3.63, 3.8) is 0 Å². The quantitative estimate of drug-likeness (QED) is 0.892. The average molecular weight is 290 g/mol. The van der Waals surface area contributed by atoms with Gasteiger partial charge in [-0.05, 0) is 80.9 Å². The minimum Gasteiger partial charge on any atom is -0.317 e. The van der Waals surface area contributed by atoms with Gasteiger partial charge in [-0.3, -0.25) is 4.90 Å². The number of nitrogens with one attached hydrogen (secondary N) is 1. The highest BCUT2D eigenvalue weighted by molar-refractivity contribution is 5.35. The molecule has 1 fully saturated rings. The lowest BCUT2D eigenvalue weighted by molar-refractivity contribution is 0.151. The van der Waals surface area contributed by atoms with Crippen molar-refractivity contribution in [1.29, 1.82) is 0 Å². The summed E-state index contributed by atoms with van der Waals surface area (Å²) in [5, 5.41) is 3.45. The number of fused-ring (bicyclic) bond motifs is 1. The van der Waals surface area contributed by atoms with Crippen LogP contribution in [0.1, 0.15) is 49.8 Å². The summed E-state index contributed by atoms with van der Waals surface area (Å²) in [6, 6.07) is 5.90. The van der Waals surface area contributed by atoms with E-state index in [-0.39, 0.29) is 5.82 Å². The Labute approximate surface area is 127 Å². The minimum atomic E-state index is -0.0882. The van der Waals surface area contributed by atoms with Gasteiger partial charge in [0, 0.05) is 12.6 Å². The van der Waals surface area contributed by atoms with E-state index in [0.717, 1.165) is 38.4 Å². The minimum absolute atomic E-state index is 0.0882. The Balaban J connectivity index is 1.72. The Morgan fingerprint density at radius 3 is 2.81 bits per heavy atom. The molecule has 1 aliphatic carbocycles. The lowest BCUT2D eigenvalue weighted by Gasteiger charge is -2.34. The maximum Gasteiger partial charge on any atom is 0.123 e. The molecule has 1 atom stereocenters. The van der Waals surface area contributed by atoms with Crippen molar-refractivity contribution in [2.45, 2.75) is 45.1 Å². The number of hydrogen-bond acceptors (Lipinski definition) is 2. The molecule has 21 heavy (non-hydrogen) atoms. The van der Waals surface area contributed by atoms with Crippen LogP contribution in [0.15, 0.2) is 18.2 Å². The van der Waals surface area contributed by atoms with E-state index in [9.17, 15) is 4.39 Å². The highest BCUT2D eigenvalue weighted by Gasteiger charge is 2.29. The van der Waals surface area contributed by atoms with E-state index in [1.165, 1.54) is 36.9 Å². The molecule has 1 N–H and O–H groups in total. The number of hydrogen-bond donors (Lipinski definition) is 1. The summed E-state index contributed by atoms with van der Waals surface area (Å²) in [4.78, 5) is 2.67. The lowest BCUT2D eigenvalue weighted by Crippen LogP contribution is -2.38. The number of nitrogens with zero attached hydrogens (tertiary/aromatic N) is 1. The molecular weight excluding hydrogens is 263 g/mol. The van der Waals surface area contributed by atoms with Crippen molar-refractivity contribution < 1.29 is 4.39 Å². The maximum absolute atomic E-state index is 13.4. The van der Waals surface area contributed by atoms with Crippen molar-refractivity contribution in [1.82, 2.24) is 10.2 Å². The number of piperidine rings is 1. The Morgan fingerprint density at radius 2 is 2.05 bits per heavy atom. The molecule has 1 saturated heterocycles. The van der Waals surface area contributed by atoms with Gasteiger partial charge >= 0.3 is 0 Å². The summed E-state index contributed by atoms with van der Waals surface area (Å²) >= 11 is 0. The van der Waals surface area contributed by atoms with Crippen molar-refractivity contribution in [3.05, 3.63) is 35.1 Å². The smallest absolute Gasteiger partial charge is 0.123 e. The van der Waals surface area contributed by atoms with E-state index in [1.807, 2.05) is 6.07 Å². The molecule has 1 aromatic rings. The highest BCUT2D eigenvalue weighted by atomic mass is 19.1. The summed E-state index contributed by atoms with van der Waals surface area (Å²) in [6.07, 6.45) is 5.97. The molecule has 3 heteroatoms. The van der Waals surface area contributed by atoms with E-state index < -0.39 is 0 Å². The van der Waals surface area contributed by atoms with E-state index in [1.54, 1.807) is 12.1 Å². The third-order valence-electron chi connectivity index (χ3n) is 5.05. The number of halogens is 1. The molecule has 1 heterocycles. The highest BCUT2D eigenvalue weighted by Crippen LogP contribution is 2.37. The first-order valence-corrected chi connectivity index (χ1v) is 8.51. The summed E-state index contributed by atoms with van der Waals surface area (Å²) in [5.74, 6) is 0.733. The maximum atomic E-state index is 13.4. The van der Waals surface area contributed by atoms with Gasteiger partial charge in [-0.2, -0.15) is 0 Å². The van der Waals surface area contributed by atoms with Gasteiger partial charge in [-0.25, -0.2) is 4.39 Å². The molecule has 0 radical (unpaired) electrons. The van der Waals surface area contributed by atoms with Crippen LogP contribution in [0, 0.1) is 11.7 Å². The third-order valence-corrected chi connectivity index (χ3v) is 5.05. The Bertz CT molecular complexity index is 468. The summed E-state index contributed by atoms with van der Waals surface area (Å²) in [5.41, 5.74) is 2.60. The Hall–Kier alpha value is -0.930. The van der Waals surface area contributed by atoms with Crippen LogP contribution in [0.4, 0.5) is 4.39 Å². The van der Waals surface area contributed by atoms with Gasteiger partial charge in [0.05, 0.1) is 0 Å². The molecule has 0 amide bonds. The standard InChI is InChI=1S/C18H27FN2/c1-2-11-21(13-14-7-9-20-10-8-14)18-6-3-15-12-16(19)4-5-17(15)18/h4-5,12,14,18,20H,2-3,6-11,13H2,1H3. The predicted octanol–water partition coefficient (Wildman–Crippen LogP) is 3.52. The van der Waals surface area contributed by atoms with Crippen LogP contribution in [-0.4, -0.2) is 31.1 Å². The zero-order valence-electron chi connectivity index (χ0n) is 13.1. The molecule has 0 spiro atoms. The van der Waals surface area contributed by atoms with Crippen molar-refractivity contribution in [3.8, 4) is 0 Å². The molecular formula is C18H27FN2. The second kappa shape index (κ2) is 6.89. The van der Waals surface area contributed by atoms with E-state index in [0.29, 0.717) is 6.04 Å². The molecule has 0 aromatic heterocycles. The number of aryl methyl sites for hydroxylation is 1. The number of benzene rings is 1. The molecule has 2 aliphatic rings. The van der Waals surface area contributed by atoms with Gasteiger partial charge in [-0.15, -0.1) is 0 Å². The zero-order chi connectivity index (χ0) is 14.7. The van der Waals surface area contributed by atoms with Crippen LogP contribution in [0.3, 0.4) is 0 Å². The molecule has 2 nitrogen and oxygen atoms in total. The first-order valence-electron chi connectivity index (χ1n) is 8.51. The molecule has 1 aromatic carbocycles. The van der Waals surface area contributed by atoms with Crippen LogP contribution < -0.4 is 5.32 Å². The van der Waals surface area contributed by atoms with Crippen LogP contribution in [0.5, 0.6) is 0 Å². The van der Waals surface area contributed by atoms with Crippen LogP contribution in [0.25, 0.3) is 0 Å². The van der Waals surface area contributed by atoms with Crippen molar-refractivity contribution in [2.75, 3.05) is 26.2 Å². The fourth-order valence-electron chi connectivity index (χ4n) is 4.00. The topological polar surface area (TPSA) is 15.3 Å². The van der Waals surface area contributed by atoms with E-state index in [4.69, 9.17) is 0 Å². The Kier molecular flexibility index (Phi) is 4.91. The van der Waals surface area contributed by atoms with Gasteiger partial charge in [0.2, 0.25) is 0 Å². The summed E-state index contributed by atoms with van der Waals surface area (Å²) < 4.78 is 13.4. The van der Waals surface area contributed by atoms with Crippen LogP contribution in [0.2, 0.25) is 0 Å². The van der Waals surface area contributed by atoms with Gasteiger partial charge < -0.3 is 5.32 Å². The van der Waals surface area contributed by atoms with Gasteiger partial charge in [0.25, 0.3) is 0 Å². The van der Waals surface area contributed by atoms with Crippen molar-refractivity contribution >= 4 is 0 Å². The van der Waals surface area contributed by atoms with Crippen molar-refractivity contribution in [2.24, 2.45) is 5.92 Å². The van der Waals surface area contributed by atoms with E-state index in [2.05, 4.69) is 17.1 Å². The van der Waals surface area contributed by atoms with Gasteiger partial charge in [0.15, 0.2) is 0 Å². The largest absolute Gasteiger partial charge is 0.317 e. The summed E-state index contributed by atoms with van der Waals surface area (Å²) in [6.45, 7) is 6.95. The fraction of sp³-hybridized carbons (Fsp3) is 0.667. The van der Waals surface area contributed by atoms with E-state index >= 15 is 0 Å². The third kappa shape index (κ3) is 3.46. The monoisotopic (exact) mass is 290 g/mol. The summed E-state index contributed by atoms with van der Waals surface area (Å²) in [7, 11) is 0. The van der Waals surface area contributed by atoms with Gasteiger partial charge in [0.1, 0.15) is 5.82 Å². The fourth-order valence-corrected chi connectivity index (χ4v) is 4.00. The zero-order valence-corrected chi connectivity index (χ0v) is 13.1. The molecule has 116 valence electrons. The second-order valence-corrected chi connectivity index (χ2v) is 6.59. The lowest BCUT2D eigenvalue weighted by atomic mass is 9.96. The molecule has 0 saturated carbocycles. The normalized spacial score (nSPS) is 22.7. The van der Waals surface area contributed by atoms with Gasteiger partial charge in [-0.1, -0.05) is 13.0 Å². The molecule has 1 aliphatic heterocycles. The van der Waals surface area contributed by atoms with Crippen LogP contribution >= 0.6 is 0 Å². The Morgan fingerprint density at radius 1 is 1.24 bits per heavy atom. The molecule has 1 unspecified atom stereocenters. The average Bonchev–Trinajstić information content (AvgIpc) is 2.90. The molecule has 0 bridgehead atoms. The SMILES string of the molecule is CCCN(CC1CCNCC1)C1CCc2cc(F)ccc21. The predicted molar refractivity (Wildman–Crippen MR) is 84.9 cm³/mol. The second-order valence-electron chi connectivity index (χ2n) is 6.59.